The van der Waals surface area contributed by atoms with Crippen LogP contribution in [0.3, 0.4) is 0 Å². The molecule has 1 aromatic heterocycles. The predicted octanol–water partition coefficient (Wildman–Crippen LogP) is 2.12. The Hall–Kier alpha value is -0.390. The third-order valence-electron chi connectivity index (χ3n) is 2.81. The highest BCUT2D eigenvalue weighted by Gasteiger charge is 2.15. The summed E-state index contributed by atoms with van der Waals surface area (Å²) in [6, 6.07) is 0. The molecule has 0 saturated carbocycles. The van der Waals surface area contributed by atoms with Crippen LogP contribution in [-0.2, 0) is 13.0 Å². The summed E-state index contributed by atoms with van der Waals surface area (Å²) in [5.41, 5.74) is 2.06. The lowest BCUT2D eigenvalue weighted by molar-refractivity contribution is 0.168. The van der Waals surface area contributed by atoms with Crippen LogP contribution in [0.4, 0.5) is 0 Å². The van der Waals surface area contributed by atoms with E-state index < -0.39 is 0 Å². The SMILES string of the molecule is CCn1nc(C)c(Br)c1CC(O)CNCC(C)C. The standard InChI is InChI=1S/C13H24BrN3O/c1-5-17-12(13(14)10(4)16-17)6-11(18)8-15-7-9(2)3/h9,11,15,18H,5-8H2,1-4H3. The van der Waals surface area contributed by atoms with E-state index >= 15 is 0 Å². The summed E-state index contributed by atoms with van der Waals surface area (Å²) >= 11 is 3.55. The number of rotatable bonds is 7. The average molecular weight is 318 g/mol. The predicted molar refractivity (Wildman–Crippen MR) is 77.8 cm³/mol. The Bertz CT molecular complexity index is 377. The second-order valence-electron chi connectivity index (χ2n) is 5.07. The van der Waals surface area contributed by atoms with Crippen molar-refractivity contribution in [2.45, 2.75) is 46.8 Å². The Kier molecular flexibility index (Phi) is 6.32. The molecule has 0 aliphatic heterocycles. The minimum atomic E-state index is -0.374. The van der Waals surface area contributed by atoms with Crippen LogP contribution in [0.5, 0.6) is 0 Å². The summed E-state index contributed by atoms with van der Waals surface area (Å²) in [5.74, 6) is 0.604. The van der Waals surface area contributed by atoms with Crippen molar-refractivity contribution in [1.29, 1.82) is 0 Å². The molecule has 4 nitrogen and oxygen atoms in total. The molecule has 0 bridgehead atoms. The van der Waals surface area contributed by atoms with E-state index in [9.17, 15) is 5.11 Å². The fraction of sp³-hybridized carbons (Fsp3) is 0.769. The molecule has 104 valence electrons. The molecule has 0 spiro atoms. The summed E-state index contributed by atoms with van der Waals surface area (Å²) in [4.78, 5) is 0. The first-order chi connectivity index (χ1) is 8.45. The molecule has 1 aromatic rings. The van der Waals surface area contributed by atoms with E-state index in [0.29, 0.717) is 18.9 Å². The maximum atomic E-state index is 10.0. The topological polar surface area (TPSA) is 50.1 Å². The van der Waals surface area contributed by atoms with E-state index in [4.69, 9.17) is 0 Å². The van der Waals surface area contributed by atoms with Gasteiger partial charge in [0, 0.05) is 19.5 Å². The fourth-order valence-electron chi connectivity index (χ4n) is 1.90. The molecule has 0 aliphatic carbocycles. The Morgan fingerprint density at radius 2 is 2.06 bits per heavy atom. The lowest BCUT2D eigenvalue weighted by atomic mass is 10.1. The molecule has 0 aromatic carbocycles. The zero-order valence-electron chi connectivity index (χ0n) is 11.7. The Morgan fingerprint density at radius 3 is 2.61 bits per heavy atom. The van der Waals surface area contributed by atoms with Crippen LogP contribution in [0.25, 0.3) is 0 Å². The van der Waals surface area contributed by atoms with E-state index in [2.05, 4.69) is 47.1 Å². The first-order valence-electron chi connectivity index (χ1n) is 6.56. The van der Waals surface area contributed by atoms with E-state index in [1.54, 1.807) is 0 Å². The normalized spacial score (nSPS) is 13.3. The molecule has 5 heteroatoms. The highest BCUT2D eigenvalue weighted by Crippen LogP contribution is 2.22. The number of hydrogen-bond donors (Lipinski definition) is 2. The Balaban J connectivity index is 2.55. The summed E-state index contributed by atoms with van der Waals surface area (Å²) in [6.07, 6.45) is 0.252. The third kappa shape index (κ3) is 4.37. The number of nitrogens with one attached hydrogen (secondary N) is 1. The van der Waals surface area contributed by atoms with Gasteiger partial charge in [0.1, 0.15) is 0 Å². The van der Waals surface area contributed by atoms with Gasteiger partial charge in [-0.1, -0.05) is 13.8 Å². The molecule has 0 fully saturated rings. The van der Waals surface area contributed by atoms with Gasteiger partial charge in [0.2, 0.25) is 0 Å². The van der Waals surface area contributed by atoms with Gasteiger partial charge in [-0.3, -0.25) is 4.68 Å². The largest absolute Gasteiger partial charge is 0.391 e. The van der Waals surface area contributed by atoms with Gasteiger partial charge in [0.25, 0.3) is 0 Å². The minimum Gasteiger partial charge on any atom is -0.391 e. The number of nitrogens with zero attached hydrogens (tertiary/aromatic N) is 2. The fourth-order valence-corrected chi connectivity index (χ4v) is 2.34. The van der Waals surface area contributed by atoms with Crippen molar-refractivity contribution in [1.82, 2.24) is 15.1 Å². The van der Waals surface area contributed by atoms with Crippen LogP contribution >= 0.6 is 15.9 Å². The second kappa shape index (κ2) is 7.26. The van der Waals surface area contributed by atoms with Crippen LogP contribution < -0.4 is 5.32 Å². The van der Waals surface area contributed by atoms with Crippen molar-refractivity contribution < 1.29 is 5.11 Å². The Labute approximate surface area is 118 Å². The van der Waals surface area contributed by atoms with Crippen LogP contribution in [0.1, 0.15) is 32.2 Å². The minimum absolute atomic E-state index is 0.374. The average Bonchev–Trinajstić information content (AvgIpc) is 2.56. The molecule has 0 saturated heterocycles. The molecule has 1 heterocycles. The van der Waals surface area contributed by atoms with Gasteiger partial charge in [-0.2, -0.15) is 5.10 Å². The highest BCUT2D eigenvalue weighted by atomic mass is 79.9. The molecule has 1 unspecified atom stereocenters. The van der Waals surface area contributed by atoms with E-state index in [1.807, 2.05) is 11.6 Å². The molecule has 0 amide bonds. The van der Waals surface area contributed by atoms with Crippen molar-refractivity contribution in [3.63, 3.8) is 0 Å². The highest BCUT2D eigenvalue weighted by molar-refractivity contribution is 9.10. The smallest absolute Gasteiger partial charge is 0.0738 e. The summed E-state index contributed by atoms with van der Waals surface area (Å²) < 4.78 is 2.97. The van der Waals surface area contributed by atoms with Gasteiger partial charge < -0.3 is 10.4 Å². The molecule has 1 atom stereocenters. The lowest BCUT2D eigenvalue weighted by Crippen LogP contribution is -2.31. The number of aryl methyl sites for hydroxylation is 2. The summed E-state index contributed by atoms with van der Waals surface area (Å²) in [7, 11) is 0. The van der Waals surface area contributed by atoms with Crippen molar-refractivity contribution in [2.75, 3.05) is 13.1 Å². The summed E-state index contributed by atoms with van der Waals surface area (Å²) in [6.45, 7) is 10.7. The van der Waals surface area contributed by atoms with E-state index in [0.717, 1.165) is 29.0 Å². The molecule has 0 aliphatic rings. The van der Waals surface area contributed by atoms with Crippen LogP contribution in [0, 0.1) is 12.8 Å². The molecule has 0 radical (unpaired) electrons. The van der Waals surface area contributed by atoms with E-state index in [1.165, 1.54) is 0 Å². The number of aliphatic hydroxyl groups is 1. The number of aliphatic hydroxyl groups excluding tert-OH is 1. The van der Waals surface area contributed by atoms with Crippen molar-refractivity contribution >= 4 is 15.9 Å². The van der Waals surface area contributed by atoms with Crippen LogP contribution in [-0.4, -0.2) is 34.1 Å². The van der Waals surface area contributed by atoms with Gasteiger partial charge >= 0.3 is 0 Å². The van der Waals surface area contributed by atoms with Crippen LogP contribution in [0.2, 0.25) is 0 Å². The maximum Gasteiger partial charge on any atom is 0.0738 e. The lowest BCUT2D eigenvalue weighted by Gasteiger charge is -2.14. The first kappa shape index (κ1) is 15.7. The van der Waals surface area contributed by atoms with E-state index in [-0.39, 0.29) is 6.10 Å². The molecule has 1 rings (SSSR count). The molecular formula is C13H24BrN3O. The van der Waals surface area contributed by atoms with Gasteiger partial charge in [-0.05, 0) is 42.2 Å². The Morgan fingerprint density at radius 1 is 1.39 bits per heavy atom. The number of hydrogen-bond acceptors (Lipinski definition) is 3. The number of halogens is 1. The van der Waals surface area contributed by atoms with Crippen LogP contribution in [0.15, 0.2) is 4.47 Å². The van der Waals surface area contributed by atoms with Crippen molar-refractivity contribution in [2.24, 2.45) is 5.92 Å². The molecule has 18 heavy (non-hydrogen) atoms. The van der Waals surface area contributed by atoms with Crippen molar-refractivity contribution in [3.05, 3.63) is 15.9 Å². The number of aromatic nitrogens is 2. The van der Waals surface area contributed by atoms with Gasteiger partial charge in [-0.15, -0.1) is 0 Å². The molecule has 2 N–H and O–H groups in total. The monoisotopic (exact) mass is 317 g/mol. The van der Waals surface area contributed by atoms with Gasteiger partial charge in [0.05, 0.1) is 22.0 Å². The van der Waals surface area contributed by atoms with Gasteiger partial charge in [0.15, 0.2) is 0 Å². The zero-order chi connectivity index (χ0) is 13.7. The molecular weight excluding hydrogens is 294 g/mol. The summed E-state index contributed by atoms with van der Waals surface area (Å²) in [5, 5.41) is 17.7. The first-order valence-corrected chi connectivity index (χ1v) is 7.35. The zero-order valence-corrected chi connectivity index (χ0v) is 13.3. The quantitative estimate of drug-likeness (QED) is 0.810. The maximum absolute atomic E-state index is 10.0. The third-order valence-corrected chi connectivity index (χ3v) is 3.85. The second-order valence-corrected chi connectivity index (χ2v) is 5.86. The van der Waals surface area contributed by atoms with Crippen molar-refractivity contribution in [3.8, 4) is 0 Å². The van der Waals surface area contributed by atoms with Gasteiger partial charge in [-0.25, -0.2) is 0 Å².